The highest BCUT2D eigenvalue weighted by molar-refractivity contribution is 7.55. The lowest BCUT2D eigenvalue weighted by Crippen LogP contribution is -2.41. The molecule has 0 saturated carbocycles. The zero-order chi connectivity index (χ0) is 14.0. The Hall–Kier alpha value is -0.780. The molecule has 0 spiro atoms. The van der Waals surface area contributed by atoms with Gasteiger partial charge >= 0.3 is 12.9 Å². The maximum Gasteiger partial charge on any atom is 0.406 e. The van der Waals surface area contributed by atoms with Crippen LogP contribution in [0.4, 0.5) is 0 Å². The van der Waals surface area contributed by atoms with Crippen molar-refractivity contribution in [3.8, 4) is 0 Å². The molecule has 1 aliphatic heterocycles. The molecule has 1 heterocycles. The maximum atomic E-state index is 12.6. The molecule has 1 saturated heterocycles. The summed E-state index contributed by atoms with van der Waals surface area (Å²) in [6.07, 6.45) is -0.0377. The van der Waals surface area contributed by atoms with Gasteiger partial charge in [-0.05, 0) is 6.92 Å². The van der Waals surface area contributed by atoms with E-state index in [1.165, 1.54) is 6.92 Å². The summed E-state index contributed by atoms with van der Waals surface area (Å²) in [5, 5.41) is 9.30. The van der Waals surface area contributed by atoms with Crippen LogP contribution in [-0.4, -0.2) is 29.2 Å². The van der Waals surface area contributed by atoms with Crippen molar-refractivity contribution in [3.63, 3.8) is 0 Å². The largest absolute Gasteiger partial charge is 0.406 e. The molecule has 18 heavy (non-hydrogen) atoms. The fraction of sp³-hybridized carbons (Fsp3) is 0.900. The number of rotatable bonds is 5. The van der Waals surface area contributed by atoms with E-state index in [4.69, 9.17) is 9.05 Å². The molecule has 0 amide bonds. The lowest BCUT2D eigenvalue weighted by atomic mass is 10.1. The molecule has 4 atom stereocenters. The Labute approximate surface area is 106 Å². The lowest BCUT2D eigenvalue weighted by Gasteiger charge is -2.37. The second kappa shape index (κ2) is 5.47. The van der Waals surface area contributed by atoms with Crippen LogP contribution < -0.4 is 0 Å². The number of aldehydes is 1. The first-order valence-corrected chi connectivity index (χ1v) is 7.32. The third-order valence-corrected chi connectivity index (χ3v) is 6.00. The molecule has 0 aromatic heterocycles. The van der Waals surface area contributed by atoms with E-state index in [2.05, 4.69) is 0 Å². The summed E-state index contributed by atoms with van der Waals surface area (Å²) in [4.78, 5) is 20.9. The molecule has 0 N–H and O–H groups in total. The van der Waals surface area contributed by atoms with Crippen LogP contribution >= 0.6 is 7.60 Å². The van der Waals surface area contributed by atoms with Crippen LogP contribution in [0, 0.1) is 16.0 Å². The van der Waals surface area contributed by atoms with Crippen LogP contribution in [0.3, 0.4) is 0 Å². The van der Waals surface area contributed by atoms with Gasteiger partial charge in [-0.2, -0.15) is 0 Å². The van der Waals surface area contributed by atoms with Gasteiger partial charge in [-0.1, -0.05) is 6.92 Å². The Morgan fingerprint density at radius 2 is 2.17 bits per heavy atom. The van der Waals surface area contributed by atoms with Crippen LogP contribution in [0.2, 0.25) is 0 Å². The quantitative estimate of drug-likeness (QED) is 0.331. The van der Waals surface area contributed by atoms with Gasteiger partial charge in [0.15, 0.2) is 0 Å². The molecule has 7 nitrogen and oxygen atoms in total. The fourth-order valence-electron chi connectivity index (χ4n) is 1.62. The molecule has 1 fully saturated rings. The summed E-state index contributed by atoms with van der Waals surface area (Å²) >= 11 is 0. The molecule has 0 radical (unpaired) electrons. The molecule has 4 unspecified atom stereocenters. The van der Waals surface area contributed by atoms with E-state index in [9.17, 15) is 19.5 Å². The molecule has 1 aliphatic rings. The van der Waals surface area contributed by atoms with E-state index in [-0.39, 0.29) is 31.5 Å². The van der Waals surface area contributed by atoms with E-state index >= 15 is 0 Å². The summed E-state index contributed by atoms with van der Waals surface area (Å²) in [5.74, 6) is 0.0224. The van der Waals surface area contributed by atoms with Crippen LogP contribution in [0.15, 0.2) is 0 Å². The Morgan fingerprint density at radius 3 is 2.61 bits per heavy atom. The molecule has 8 heteroatoms. The van der Waals surface area contributed by atoms with E-state index in [0.29, 0.717) is 6.29 Å². The van der Waals surface area contributed by atoms with Gasteiger partial charge in [-0.3, -0.25) is 14.7 Å². The second-order valence-electron chi connectivity index (χ2n) is 4.76. The first kappa shape index (κ1) is 15.3. The Morgan fingerprint density at radius 1 is 1.56 bits per heavy atom. The van der Waals surface area contributed by atoms with Gasteiger partial charge in [0.2, 0.25) is 0 Å². The van der Waals surface area contributed by atoms with E-state index < -0.39 is 17.8 Å². The van der Waals surface area contributed by atoms with Gasteiger partial charge in [0.25, 0.3) is 0 Å². The zero-order valence-corrected chi connectivity index (χ0v) is 11.6. The summed E-state index contributed by atoms with van der Waals surface area (Å²) in [6.45, 7) is 4.92. The van der Waals surface area contributed by atoms with Crippen molar-refractivity contribution in [1.29, 1.82) is 0 Å². The summed E-state index contributed by atoms with van der Waals surface area (Å²) < 4.78 is 23.0. The number of nitro groups is 1. The van der Waals surface area contributed by atoms with Crippen molar-refractivity contribution in [1.82, 2.24) is 0 Å². The van der Waals surface area contributed by atoms with Crippen molar-refractivity contribution in [3.05, 3.63) is 10.1 Å². The predicted octanol–water partition coefficient (Wildman–Crippen LogP) is 2.22. The number of nitrogens with zero attached hydrogens (tertiary/aromatic N) is 1. The van der Waals surface area contributed by atoms with Crippen molar-refractivity contribution in [2.24, 2.45) is 5.92 Å². The fourth-order valence-corrected chi connectivity index (χ4v) is 3.86. The van der Waals surface area contributed by atoms with Gasteiger partial charge in [0, 0.05) is 30.6 Å². The topological polar surface area (TPSA) is 95.7 Å². The SMILES string of the molecule is CC1COP(=O)(C(C)(CCC=O)[N+](=O)[O-])OC1C. The Bertz CT molecular complexity index is 387. The van der Waals surface area contributed by atoms with Crippen molar-refractivity contribution in [2.75, 3.05) is 6.61 Å². The highest BCUT2D eigenvalue weighted by atomic mass is 31.2. The normalized spacial score (nSPS) is 35.7. The molecule has 0 aromatic rings. The first-order valence-electron chi connectivity index (χ1n) is 5.78. The smallest absolute Gasteiger partial charge is 0.303 e. The van der Waals surface area contributed by atoms with E-state index in [1.807, 2.05) is 6.92 Å². The van der Waals surface area contributed by atoms with E-state index in [0.717, 1.165) is 0 Å². The number of hydrogen-bond donors (Lipinski definition) is 0. The van der Waals surface area contributed by atoms with Gasteiger partial charge < -0.3 is 13.8 Å². The lowest BCUT2D eigenvalue weighted by molar-refractivity contribution is -0.542. The number of carbonyl (C=O) groups excluding carboxylic acids is 1. The Kier molecular flexibility index (Phi) is 4.64. The second-order valence-corrected chi connectivity index (χ2v) is 7.19. The minimum absolute atomic E-state index is 0.0224. The molecular weight excluding hydrogens is 261 g/mol. The van der Waals surface area contributed by atoms with Gasteiger partial charge in [0.1, 0.15) is 6.29 Å². The summed E-state index contributed by atoms with van der Waals surface area (Å²) in [5.41, 5.74) is 0. The average molecular weight is 279 g/mol. The molecule has 0 bridgehead atoms. The third-order valence-electron chi connectivity index (χ3n) is 3.33. The minimum atomic E-state index is -3.87. The monoisotopic (exact) mass is 279 g/mol. The highest BCUT2D eigenvalue weighted by Gasteiger charge is 2.60. The molecule has 1 rings (SSSR count). The van der Waals surface area contributed by atoms with Crippen LogP contribution in [0.1, 0.15) is 33.6 Å². The Balaban J connectivity index is 3.01. The molecule has 104 valence electrons. The molecule has 0 aliphatic carbocycles. The summed E-state index contributed by atoms with van der Waals surface area (Å²) in [6, 6.07) is 0. The van der Waals surface area contributed by atoms with Gasteiger partial charge in [-0.25, -0.2) is 0 Å². The van der Waals surface area contributed by atoms with E-state index in [1.54, 1.807) is 6.92 Å². The van der Waals surface area contributed by atoms with Crippen LogP contribution in [-0.2, 0) is 18.4 Å². The minimum Gasteiger partial charge on any atom is -0.303 e. The first-order chi connectivity index (χ1) is 8.27. The van der Waals surface area contributed by atoms with Crippen LogP contribution in [0.25, 0.3) is 0 Å². The average Bonchev–Trinajstić information content (AvgIpc) is 2.31. The zero-order valence-electron chi connectivity index (χ0n) is 10.7. The van der Waals surface area contributed by atoms with Gasteiger partial charge in [-0.15, -0.1) is 0 Å². The van der Waals surface area contributed by atoms with Crippen molar-refractivity contribution >= 4 is 13.9 Å². The van der Waals surface area contributed by atoms with Crippen molar-refractivity contribution in [2.45, 2.75) is 45.0 Å². The maximum absolute atomic E-state index is 12.6. The molecular formula is C10H18NO6P. The molecule has 0 aromatic carbocycles. The van der Waals surface area contributed by atoms with Gasteiger partial charge in [0.05, 0.1) is 12.7 Å². The van der Waals surface area contributed by atoms with Crippen molar-refractivity contribution < 1.29 is 23.3 Å². The summed E-state index contributed by atoms with van der Waals surface area (Å²) in [7, 11) is -3.87. The number of carbonyl (C=O) groups is 1. The highest BCUT2D eigenvalue weighted by Crippen LogP contribution is 2.64. The van der Waals surface area contributed by atoms with Crippen LogP contribution in [0.5, 0.6) is 0 Å². The predicted molar refractivity (Wildman–Crippen MR) is 64.0 cm³/mol. The third kappa shape index (κ3) is 2.63. The standard InChI is InChI=1S/C10H18NO6P/c1-8-7-16-18(15,17-9(8)2)10(3,11(13)14)5-4-6-12/h6,8-9H,4-5,7H2,1-3H3. The number of hydrogen-bond acceptors (Lipinski definition) is 6.